The molecule has 3 aromatic rings. The zero-order valence-corrected chi connectivity index (χ0v) is 21.5. The van der Waals surface area contributed by atoms with Gasteiger partial charge in [-0.25, -0.2) is 0 Å². The molecule has 1 saturated heterocycles. The number of ether oxygens (including phenoxy) is 1. The summed E-state index contributed by atoms with van der Waals surface area (Å²) in [4.78, 5) is 2.51. The summed E-state index contributed by atoms with van der Waals surface area (Å²) in [5.41, 5.74) is 7.19. The van der Waals surface area contributed by atoms with Gasteiger partial charge in [-0.3, -0.25) is 0 Å². The summed E-state index contributed by atoms with van der Waals surface area (Å²) in [5, 5.41) is 1.14. The lowest BCUT2D eigenvalue weighted by Crippen LogP contribution is -2.32. The minimum Gasteiger partial charge on any atom is -0.375 e. The summed E-state index contributed by atoms with van der Waals surface area (Å²) < 4.78 is 6.19. The smallest absolute Gasteiger partial charge is 0.0720 e. The largest absolute Gasteiger partial charge is 0.375 e. The van der Waals surface area contributed by atoms with Crippen LogP contribution < -0.4 is 0 Å². The number of aryl methyl sites for hydroxylation is 1. The first-order valence-electron chi connectivity index (χ1n) is 12.3. The summed E-state index contributed by atoms with van der Waals surface area (Å²) in [7, 11) is 0. The van der Waals surface area contributed by atoms with Crippen molar-refractivity contribution in [1.29, 1.82) is 0 Å². The first-order chi connectivity index (χ1) is 16.5. The van der Waals surface area contributed by atoms with Gasteiger partial charge in [0.25, 0.3) is 0 Å². The van der Waals surface area contributed by atoms with Crippen molar-refractivity contribution >= 4 is 23.2 Å². The highest BCUT2D eigenvalue weighted by Gasteiger charge is 2.14. The molecule has 0 spiro atoms. The van der Waals surface area contributed by atoms with Gasteiger partial charge < -0.3 is 9.64 Å². The molecule has 4 heteroatoms. The average Bonchev–Trinajstić information content (AvgIpc) is 2.85. The second-order valence-corrected chi connectivity index (χ2v) is 10.2. The predicted octanol–water partition coefficient (Wildman–Crippen LogP) is 8.13. The van der Waals surface area contributed by atoms with Gasteiger partial charge in [0.15, 0.2) is 0 Å². The van der Waals surface area contributed by atoms with Gasteiger partial charge in [-0.15, -0.1) is 0 Å². The molecule has 1 unspecified atom stereocenters. The van der Waals surface area contributed by atoms with Crippen molar-refractivity contribution in [2.75, 3.05) is 26.2 Å². The van der Waals surface area contributed by atoms with Gasteiger partial charge in [-0.2, -0.15) is 0 Å². The quantitative estimate of drug-likeness (QED) is 0.278. The Kier molecular flexibility index (Phi) is 9.08. The Morgan fingerprint density at radius 2 is 1.56 bits per heavy atom. The van der Waals surface area contributed by atoms with Gasteiger partial charge in [0.2, 0.25) is 0 Å². The standard InChI is InChI=1S/C30H34Cl2NO/c1-22-6-8-24(9-7-22)23(2)18-25-10-11-26(27-12-13-29(31)30(32)20-27)19-28(25)21-34-17-16-33-14-4-3-5-15-33/h6-13,19-20,23H,2-5,14-18,21H2,1H3. The number of halogens is 2. The van der Waals surface area contributed by atoms with Crippen LogP contribution in [0.1, 0.15) is 47.4 Å². The summed E-state index contributed by atoms with van der Waals surface area (Å²) in [6.07, 6.45) is 4.84. The topological polar surface area (TPSA) is 12.5 Å². The van der Waals surface area contributed by atoms with Crippen LogP contribution >= 0.6 is 23.2 Å². The number of nitrogens with zero attached hydrogens (tertiary/aromatic N) is 1. The second kappa shape index (κ2) is 12.2. The first kappa shape index (κ1) is 25.3. The summed E-state index contributed by atoms with van der Waals surface area (Å²) in [6.45, 7) is 11.3. The molecule has 0 amide bonds. The van der Waals surface area contributed by atoms with Crippen LogP contribution in [0.2, 0.25) is 10.0 Å². The van der Waals surface area contributed by atoms with Crippen molar-refractivity contribution in [3.8, 4) is 11.1 Å². The average molecular weight is 496 g/mol. The summed E-state index contributed by atoms with van der Waals surface area (Å²) in [5.74, 6) is 0.184. The van der Waals surface area contributed by atoms with Crippen LogP contribution in [0.25, 0.3) is 11.1 Å². The molecule has 1 aliphatic heterocycles. The highest BCUT2D eigenvalue weighted by Crippen LogP contribution is 2.31. The van der Waals surface area contributed by atoms with E-state index in [0.29, 0.717) is 16.7 Å². The molecule has 3 aromatic carbocycles. The van der Waals surface area contributed by atoms with Crippen LogP contribution in [0.4, 0.5) is 0 Å². The Labute approximate surface area is 214 Å². The monoisotopic (exact) mass is 494 g/mol. The number of hydrogen-bond donors (Lipinski definition) is 0. The number of rotatable bonds is 9. The summed E-state index contributed by atoms with van der Waals surface area (Å²) >= 11 is 12.4. The molecule has 1 aliphatic rings. The molecule has 0 bridgehead atoms. The van der Waals surface area contributed by atoms with Crippen LogP contribution in [0.15, 0.2) is 60.7 Å². The number of benzene rings is 3. The van der Waals surface area contributed by atoms with Crippen molar-refractivity contribution in [1.82, 2.24) is 4.90 Å². The van der Waals surface area contributed by atoms with Crippen LogP contribution in [0.5, 0.6) is 0 Å². The SMILES string of the molecule is [CH2]C(Cc1ccc(-c2ccc(Cl)c(Cl)c2)cc1COCCN1CCCCC1)c1ccc(C)cc1. The van der Waals surface area contributed by atoms with E-state index in [1.165, 1.54) is 54.6 Å². The lowest BCUT2D eigenvalue weighted by molar-refractivity contribution is 0.0859. The van der Waals surface area contributed by atoms with Gasteiger partial charge in [0, 0.05) is 6.54 Å². The van der Waals surface area contributed by atoms with Gasteiger partial charge in [0.1, 0.15) is 0 Å². The van der Waals surface area contributed by atoms with E-state index in [9.17, 15) is 0 Å². The Bertz CT molecular complexity index is 1070. The van der Waals surface area contributed by atoms with Crippen molar-refractivity contribution in [3.63, 3.8) is 0 Å². The highest BCUT2D eigenvalue weighted by molar-refractivity contribution is 6.42. The second-order valence-electron chi connectivity index (χ2n) is 9.38. The molecule has 1 fully saturated rings. The van der Waals surface area contributed by atoms with E-state index in [1.54, 1.807) is 0 Å². The third kappa shape index (κ3) is 6.86. The van der Waals surface area contributed by atoms with Crippen LogP contribution in [0.3, 0.4) is 0 Å². The van der Waals surface area contributed by atoms with Crippen LogP contribution in [0, 0.1) is 13.8 Å². The maximum absolute atomic E-state index is 6.29. The molecule has 0 aliphatic carbocycles. The van der Waals surface area contributed by atoms with E-state index in [4.69, 9.17) is 27.9 Å². The molecule has 179 valence electrons. The van der Waals surface area contributed by atoms with Crippen molar-refractivity contribution in [2.45, 2.75) is 45.1 Å². The zero-order chi connectivity index (χ0) is 23.9. The molecule has 0 N–H and O–H groups in total. The first-order valence-corrected chi connectivity index (χ1v) is 13.0. The van der Waals surface area contributed by atoms with Crippen LogP contribution in [-0.4, -0.2) is 31.1 Å². The Hall–Kier alpha value is -1.84. The third-order valence-electron chi connectivity index (χ3n) is 6.73. The number of hydrogen-bond acceptors (Lipinski definition) is 2. The lowest BCUT2D eigenvalue weighted by atomic mass is 9.89. The molecule has 2 nitrogen and oxygen atoms in total. The molecular weight excluding hydrogens is 461 g/mol. The van der Waals surface area contributed by atoms with E-state index in [1.807, 2.05) is 18.2 Å². The Morgan fingerprint density at radius 3 is 2.29 bits per heavy atom. The molecule has 34 heavy (non-hydrogen) atoms. The highest BCUT2D eigenvalue weighted by atomic mass is 35.5. The van der Waals surface area contributed by atoms with E-state index >= 15 is 0 Å². The van der Waals surface area contributed by atoms with Crippen molar-refractivity contribution < 1.29 is 4.74 Å². The van der Waals surface area contributed by atoms with Gasteiger partial charge in [-0.05, 0) is 98.1 Å². The minimum absolute atomic E-state index is 0.184. The van der Waals surface area contributed by atoms with Gasteiger partial charge in [0.05, 0.1) is 23.3 Å². The fraction of sp³-hybridized carbons (Fsp3) is 0.367. The fourth-order valence-electron chi connectivity index (χ4n) is 4.60. The van der Waals surface area contributed by atoms with Crippen LogP contribution in [-0.2, 0) is 17.8 Å². The molecular formula is C30H34Cl2NO. The zero-order valence-electron chi connectivity index (χ0n) is 20.0. The number of piperidine rings is 1. The lowest BCUT2D eigenvalue weighted by Gasteiger charge is -2.26. The van der Waals surface area contributed by atoms with Gasteiger partial charge >= 0.3 is 0 Å². The normalized spacial score (nSPS) is 15.4. The summed E-state index contributed by atoms with van der Waals surface area (Å²) in [6, 6.07) is 21.1. The van der Waals surface area contributed by atoms with Crippen molar-refractivity contribution in [3.05, 3.63) is 99.9 Å². The predicted molar refractivity (Wildman–Crippen MR) is 145 cm³/mol. The minimum atomic E-state index is 0.184. The molecule has 1 heterocycles. The molecule has 4 rings (SSSR count). The van der Waals surface area contributed by atoms with Crippen molar-refractivity contribution in [2.24, 2.45) is 0 Å². The Morgan fingerprint density at radius 1 is 0.853 bits per heavy atom. The molecule has 0 saturated carbocycles. The maximum atomic E-state index is 6.29. The molecule has 0 aromatic heterocycles. The molecule has 1 radical (unpaired) electrons. The van der Waals surface area contributed by atoms with E-state index in [2.05, 4.69) is 61.2 Å². The van der Waals surface area contributed by atoms with Gasteiger partial charge in [-0.1, -0.05) is 77.7 Å². The third-order valence-corrected chi connectivity index (χ3v) is 7.47. The fourth-order valence-corrected chi connectivity index (χ4v) is 4.89. The number of likely N-dealkylation sites (tertiary alicyclic amines) is 1. The van der Waals surface area contributed by atoms with E-state index in [0.717, 1.165) is 30.7 Å². The van der Waals surface area contributed by atoms with E-state index < -0.39 is 0 Å². The molecule has 1 atom stereocenters. The maximum Gasteiger partial charge on any atom is 0.0720 e. The Balaban J connectivity index is 1.50. The van der Waals surface area contributed by atoms with E-state index in [-0.39, 0.29) is 5.92 Å².